The van der Waals surface area contributed by atoms with E-state index in [4.69, 9.17) is 9.15 Å². The van der Waals surface area contributed by atoms with Crippen LogP contribution in [0.5, 0.6) is 5.75 Å². The number of amides is 1. The number of rotatable bonds is 8. The number of anilines is 1. The number of ether oxygens (including phenoxy) is 1. The van der Waals surface area contributed by atoms with E-state index in [1.165, 1.54) is 18.0 Å². The van der Waals surface area contributed by atoms with Gasteiger partial charge in [0, 0.05) is 51.1 Å². The molecule has 0 spiro atoms. The Hall–Kier alpha value is -3.41. The van der Waals surface area contributed by atoms with Crippen LogP contribution in [-0.2, 0) is 23.2 Å². The molecule has 0 bridgehead atoms. The van der Waals surface area contributed by atoms with Gasteiger partial charge in [-0.05, 0) is 55.9 Å². The number of hydrogen-bond acceptors (Lipinski definition) is 7. The molecule has 0 fully saturated rings. The summed E-state index contributed by atoms with van der Waals surface area (Å²) in [6.45, 7) is 2.27. The Labute approximate surface area is 204 Å². The standard InChI is InChI=1S/C24H30N4O6S/c1-15-16(8-7-9-21(15)26-35(31,32)25-2)12-19-20(14-27(3)4)18-11-10-17(33-24(30)28(5)6)13-22(18)34-23(19)29/h7-11,13,25-26H,12,14H2,1-6H3. The first-order chi connectivity index (χ1) is 16.4. The Balaban J connectivity index is 2.09. The van der Waals surface area contributed by atoms with E-state index in [1.54, 1.807) is 45.3 Å². The third-order valence-electron chi connectivity index (χ3n) is 5.46. The average molecular weight is 503 g/mol. The minimum absolute atomic E-state index is 0.250. The van der Waals surface area contributed by atoms with Crippen LogP contribution in [0, 0.1) is 6.92 Å². The Morgan fingerprint density at radius 3 is 2.43 bits per heavy atom. The molecule has 3 aromatic rings. The fourth-order valence-electron chi connectivity index (χ4n) is 3.59. The van der Waals surface area contributed by atoms with Crippen molar-refractivity contribution in [3.63, 3.8) is 0 Å². The molecule has 1 aromatic heterocycles. The molecule has 0 saturated carbocycles. The molecule has 10 nitrogen and oxygen atoms in total. The summed E-state index contributed by atoms with van der Waals surface area (Å²) in [7, 11) is 4.58. The molecule has 0 radical (unpaired) electrons. The molecular formula is C24H30N4O6S. The minimum Gasteiger partial charge on any atom is -0.422 e. The van der Waals surface area contributed by atoms with E-state index in [9.17, 15) is 18.0 Å². The van der Waals surface area contributed by atoms with Gasteiger partial charge in [0.2, 0.25) is 0 Å². The first-order valence-electron chi connectivity index (χ1n) is 10.8. The minimum atomic E-state index is -3.69. The summed E-state index contributed by atoms with van der Waals surface area (Å²) in [5.41, 5.74) is 2.96. The van der Waals surface area contributed by atoms with E-state index in [-0.39, 0.29) is 12.2 Å². The lowest BCUT2D eigenvalue weighted by molar-refractivity contribution is 0.172. The maximum absolute atomic E-state index is 13.1. The lowest BCUT2D eigenvalue weighted by Crippen LogP contribution is -2.27. The molecule has 35 heavy (non-hydrogen) atoms. The zero-order chi connectivity index (χ0) is 25.9. The highest BCUT2D eigenvalue weighted by molar-refractivity contribution is 7.90. The average Bonchev–Trinajstić information content (AvgIpc) is 2.77. The third-order valence-corrected chi connectivity index (χ3v) is 6.49. The van der Waals surface area contributed by atoms with Gasteiger partial charge in [-0.1, -0.05) is 12.1 Å². The van der Waals surface area contributed by atoms with E-state index < -0.39 is 21.9 Å². The molecule has 0 aliphatic carbocycles. The van der Waals surface area contributed by atoms with Crippen molar-refractivity contribution in [1.29, 1.82) is 0 Å². The SMILES string of the molecule is CNS(=O)(=O)Nc1cccc(Cc2c(CN(C)C)c3ccc(OC(=O)N(C)C)cc3oc2=O)c1C. The van der Waals surface area contributed by atoms with Gasteiger partial charge in [0.15, 0.2) is 0 Å². The van der Waals surface area contributed by atoms with Gasteiger partial charge >= 0.3 is 11.7 Å². The first-order valence-corrected chi connectivity index (χ1v) is 12.3. The van der Waals surface area contributed by atoms with Crippen molar-refractivity contribution in [2.75, 3.05) is 40.0 Å². The molecular weight excluding hydrogens is 472 g/mol. The number of benzene rings is 2. The summed E-state index contributed by atoms with van der Waals surface area (Å²) >= 11 is 0. The fraction of sp³-hybridized carbons (Fsp3) is 0.333. The molecule has 0 aliphatic rings. The van der Waals surface area contributed by atoms with E-state index in [2.05, 4.69) is 9.44 Å². The number of carbonyl (C=O) groups is 1. The fourth-order valence-corrected chi connectivity index (χ4v) is 4.20. The lowest BCUT2D eigenvalue weighted by Gasteiger charge is -2.18. The van der Waals surface area contributed by atoms with Crippen molar-refractivity contribution in [2.24, 2.45) is 0 Å². The van der Waals surface area contributed by atoms with Crippen LogP contribution < -0.4 is 19.8 Å². The molecule has 2 N–H and O–H groups in total. The molecule has 1 amide bonds. The van der Waals surface area contributed by atoms with Crippen molar-refractivity contribution in [3.05, 3.63) is 69.1 Å². The lowest BCUT2D eigenvalue weighted by atomic mass is 9.95. The van der Waals surface area contributed by atoms with E-state index >= 15 is 0 Å². The summed E-state index contributed by atoms with van der Waals surface area (Å²) in [6, 6.07) is 10.2. The highest BCUT2D eigenvalue weighted by Crippen LogP contribution is 2.28. The number of hydrogen-bond donors (Lipinski definition) is 2. The van der Waals surface area contributed by atoms with Crippen LogP contribution in [0.4, 0.5) is 10.5 Å². The van der Waals surface area contributed by atoms with Crippen molar-refractivity contribution >= 4 is 33.0 Å². The van der Waals surface area contributed by atoms with Crippen LogP contribution in [0.2, 0.25) is 0 Å². The van der Waals surface area contributed by atoms with Crippen molar-refractivity contribution in [2.45, 2.75) is 19.9 Å². The van der Waals surface area contributed by atoms with Crippen LogP contribution in [0.1, 0.15) is 22.3 Å². The summed E-state index contributed by atoms with van der Waals surface area (Å²) in [5.74, 6) is 0.267. The largest absolute Gasteiger partial charge is 0.422 e. The second kappa shape index (κ2) is 10.5. The summed E-state index contributed by atoms with van der Waals surface area (Å²) in [5, 5.41) is 0.725. The van der Waals surface area contributed by atoms with Crippen LogP contribution in [-0.4, -0.2) is 59.5 Å². The van der Waals surface area contributed by atoms with Gasteiger partial charge in [-0.3, -0.25) is 4.72 Å². The molecule has 0 saturated heterocycles. The van der Waals surface area contributed by atoms with E-state index in [1.807, 2.05) is 25.1 Å². The Morgan fingerprint density at radius 1 is 1.09 bits per heavy atom. The van der Waals surface area contributed by atoms with Crippen molar-refractivity contribution in [1.82, 2.24) is 14.5 Å². The van der Waals surface area contributed by atoms with Gasteiger partial charge < -0.3 is 19.0 Å². The van der Waals surface area contributed by atoms with Crippen molar-refractivity contribution in [3.8, 4) is 5.75 Å². The second-order valence-corrected chi connectivity index (χ2v) is 10.2. The highest BCUT2D eigenvalue weighted by Gasteiger charge is 2.19. The van der Waals surface area contributed by atoms with Crippen LogP contribution in [0.25, 0.3) is 11.0 Å². The molecule has 3 rings (SSSR count). The quantitative estimate of drug-likeness (QED) is 0.454. The molecule has 11 heteroatoms. The van der Waals surface area contributed by atoms with E-state index in [0.717, 1.165) is 16.5 Å². The molecule has 0 unspecified atom stereocenters. The van der Waals surface area contributed by atoms with Gasteiger partial charge in [-0.25, -0.2) is 14.3 Å². The number of carbonyl (C=O) groups excluding carboxylic acids is 1. The number of nitrogens with zero attached hydrogens (tertiary/aromatic N) is 2. The molecule has 0 aliphatic heterocycles. The molecule has 0 atom stereocenters. The molecule has 188 valence electrons. The van der Waals surface area contributed by atoms with E-state index in [0.29, 0.717) is 28.9 Å². The number of fused-ring (bicyclic) bond motifs is 1. The number of nitrogens with one attached hydrogen (secondary N) is 2. The maximum Gasteiger partial charge on any atom is 0.414 e. The van der Waals surface area contributed by atoms with Gasteiger partial charge in [0.05, 0.1) is 5.69 Å². The van der Waals surface area contributed by atoms with Crippen molar-refractivity contribution < 1.29 is 22.4 Å². The Kier molecular flexibility index (Phi) is 7.83. The monoisotopic (exact) mass is 502 g/mol. The maximum atomic E-state index is 13.1. The summed E-state index contributed by atoms with van der Waals surface area (Å²) < 4.78 is 39.6. The molecule has 2 aromatic carbocycles. The topological polar surface area (TPSA) is 121 Å². The van der Waals surface area contributed by atoms with Gasteiger partial charge in [0.1, 0.15) is 11.3 Å². The van der Waals surface area contributed by atoms with Gasteiger partial charge in [-0.2, -0.15) is 8.42 Å². The predicted octanol–water partition coefficient (Wildman–Crippen LogP) is 2.69. The van der Waals surface area contributed by atoms with Crippen LogP contribution in [0.15, 0.2) is 45.6 Å². The highest BCUT2D eigenvalue weighted by atomic mass is 32.2. The third kappa shape index (κ3) is 6.18. The Bertz CT molecular complexity index is 1410. The summed E-state index contributed by atoms with van der Waals surface area (Å²) in [6.07, 6.45) is -0.291. The zero-order valence-corrected chi connectivity index (χ0v) is 21.4. The smallest absolute Gasteiger partial charge is 0.414 e. The van der Waals surface area contributed by atoms with Crippen LogP contribution >= 0.6 is 0 Å². The first kappa shape index (κ1) is 26.2. The second-order valence-electron chi connectivity index (χ2n) is 8.58. The predicted molar refractivity (Wildman–Crippen MR) is 135 cm³/mol. The van der Waals surface area contributed by atoms with Gasteiger partial charge in [0.25, 0.3) is 10.2 Å². The summed E-state index contributed by atoms with van der Waals surface area (Å²) in [4.78, 5) is 28.3. The molecule has 1 heterocycles. The zero-order valence-electron chi connectivity index (χ0n) is 20.6. The van der Waals surface area contributed by atoms with Crippen LogP contribution in [0.3, 0.4) is 0 Å². The van der Waals surface area contributed by atoms with Gasteiger partial charge in [-0.15, -0.1) is 0 Å². The normalized spacial score (nSPS) is 11.6. The Morgan fingerprint density at radius 2 is 1.80 bits per heavy atom.